The largest absolute Gasteiger partial charge is 0.461 e. The Morgan fingerprint density at radius 1 is 0.949 bits per heavy atom. The molecule has 0 unspecified atom stereocenters. The number of fused-ring (bicyclic) bond motifs is 1. The summed E-state index contributed by atoms with van der Waals surface area (Å²) in [6.07, 6.45) is 0.0126. The van der Waals surface area contributed by atoms with Crippen molar-refractivity contribution in [3.05, 3.63) is 70.9 Å². The molecule has 0 radical (unpaired) electrons. The van der Waals surface area contributed by atoms with E-state index < -0.39 is 11.9 Å². The predicted octanol–water partition coefficient (Wildman–Crippen LogP) is 7.05. The van der Waals surface area contributed by atoms with Gasteiger partial charge in [-0.15, -0.1) is 0 Å². The molecule has 0 atom stereocenters. The van der Waals surface area contributed by atoms with Crippen molar-refractivity contribution in [2.24, 2.45) is 0 Å². The maximum atomic E-state index is 13.4. The molecule has 2 aromatic carbocycles. The van der Waals surface area contributed by atoms with Crippen LogP contribution in [0.25, 0.3) is 10.9 Å². The summed E-state index contributed by atoms with van der Waals surface area (Å²) >= 11 is 6.09. The molecule has 208 valence electrons. The Bertz CT molecular complexity index is 1280. The summed E-state index contributed by atoms with van der Waals surface area (Å²) in [5, 5.41) is 7.26. The van der Waals surface area contributed by atoms with E-state index in [4.69, 9.17) is 16.3 Å². The summed E-state index contributed by atoms with van der Waals surface area (Å²) in [5.41, 5.74) is 0.552. The van der Waals surface area contributed by atoms with Crippen LogP contribution in [0.2, 0.25) is 5.02 Å². The van der Waals surface area contributed by atoms with Crippen molar-refractivity contribution in [2.45, 2.75) is 76.2 Å². The Hall–Kier alpha value is -3.33. The topological polar surface area (TPSA) is 80.3 Å². The van der Waals surface area contributed by atoms with Crippen molar-refractivity contribution in [3.63, 3.8) is 0 Å². The molecule has 1 aromatic heterocycles. The first kappa shape index (κ1) is 28.7. The minimum atomic E-state index is -4.56. The fourth-order valence-electron chi connectivity index (χ4n) is 4.73. The summed E-state index contributed by atoms with van der Waals surface area (Å²) in [4.78, 5) is 28.0. The lowest BCUT2D eigenvalue weighted by Crippen LogP contribution is -2.40. The van der Waals surface area contributed by atoms with E-state index in [1.807, 2.05) is 30.3 Å². The number of carbonyl (C=O) groups is 2. The van der Waals surface area contributed by atoms with Gasteiger partial charge in [0.1, 0.15) is 12.3 Å². The number of aromatic nitrogens is 1. The molecule has 1 fully saturated rings. The molecular formula is C29H31ClF3N3O3. The van der Waals surface area contributed by atoms with Crippen LogP contribution < -0.4 is 10.6 Å². The van der Waals surface area contributed by atoms with Crippen LogP contribution in [-0.2, 0) is 27.1 Å². The highest BCUT2D eigenvalue weighted by Gasteiger charge is 2.34. The third-order valence-corrected chi connectivity index (χ3v) is 7.03. The summed E-state index contributed by atoms with van der Waals surface area (Å²) in [5.74, 6) is -0.342. The number of esters is 1. The van der Waals surface area contributed by atoms with Crippen LogP contribution in [0.4, 0.5) is 18.9 Å². The number of anilines is 1. The van der Waals surface area contributed by atoms with Gasteiger partial charge in [-0.1, -0.05) is 41.9 Å². The number of rotatable bonds is 10. The normalized spacial score (nSPS) is 17.5. The average Bonchev–Trinajstić information content (AvgIpc) is 2.91. The van der Waals surface area contributed by atoms with E-state index in [1.54, 1.807) is 6.07 Å². The molecule has 1 heterocycles. The number of benzene rings is 2. The maximum absolute atomic E-state index is 13.4. The third-order valence-electron chi connectivity index (χ3n) is 6.79. The highest BCUT2D eigenvalue weighted by Crippen LogP contribution is 2.35. The molecule has 1 saturated carbocycles. The van der Waals surface area contributed by atoms with Crippen molar-refractivity contribution in [3.8, 4) is 0 Å². The maximum Gasteiger partial charge on any atom is 0.433 e. The first-order chi connectivity index (χ1) is 18.7. The van der Waals surface area contributed by atoms with Crippen molar-refractivity contribution < 1.29 is 27.5 Å². The number of ether oxygens (including phenoxy) is 1. The SMILES string of the molecule is O=C(CCCCC(=O)OCc1ccccc1)NC1CCC(Nc2cc(C(F)(F)F)nc3ccc(Cl)cc23)CC1. The van der Waals surface area contributed by atoms with Gasteiger partial charge in [-0.2, -0.15) is 13.2 Å². The predicted molar refractivity (Wildman–Crippen MR) is 144 cm³/mol. The molecule has 6 nitrogen and oxygen atoms in total. The smallest absolute Gasteiger partial charge is 0.433 e. The van der Waals surface area contributed by atoms with Gasteiger partial charge in [-0.05, 0) is 68.4 Å². The average molecular weight is 562 g/mol. The molecule has 0 bridgehead atoms. The third kappa shape index (κ3) is 8.58. The molecule has 39 heavy (non-hydrogen) atoms. The molecule has 0 saturated heterocycles. The number of halogens is 4. The van der Waals surface area contributed by atoms with Gasteiger partial charge in [0.05, 0.1) is 5.52 Å². The molecule has 0 aliphatic heterocycles. The molecule has 1 amide bonds. The monoisotopic (exact) mass is 561 g/mol. The molecule has 3 aromatic rings. The lowest BCUT2D eigenvalue weighted by atomic mass is 9.90. The molecule has 0 spiro atoms. The number of nitrogens with zero attached hydrogens (tertiary/aromatic N) is 1. The van der Waals surface area contributed by atoms with Crippen LogP contribution in [0.15, 0.2) is 54.6 Å². The zero-order chi connectivity index (χ0) is 27.8. The van der Waals surface area contributed by atoms with Crippen molar-refractivity contribution in [2.75, 3.05) is 5.32 Å². The summed E-state index contributed by atoms with van der Waals surface area (Å²) in [6.45, 7) is 0.242. The number of pyridine rings is 1. The van der Waals surface area contributed by atoms with E-state index in [2.05, 4.69) is 15.6 Å². The van der Waals surface area contributed by atoms with Crippen LogP contribution in [0.1, 0.15) is 62.6 Å². The van der Waals surface area contributed by atoms with Crippen LogP contribution in [0.3, 0.4) is 0 Å². The summed E-state index contributed by atoms with van der Waals surface area (Å²) in [6, 6.07) is 15.1. The highest BCUT2D eigenvalue weighted by atomic mass is 35.5. The summed E-state index contributed by atoms with van der Waals surface area (Å²) < 4.78 is 45.4. The lowest BCUT2D eigenvalue weighted by molar-refractivity contribution is -0.145. The van der Waals surface area contributed by atoms with E-state index in [0.29, 0.717) is 61.0 Å². The summed E-state index contributed by atoms with van der Waals surface area (Å²) in [7, 11) is 0. The minimum Gasteiger partial charge on any atom is -0.461 e. The van der Waals surface area contributed by atoms with E-state index in [-0.39, 0.29) is 42.5 Å². The van der Waals surface area contributed by atoms with Crippen LogP contribution in [-0.4, -0.2) is 28.9 Å². The van der Waals surface area contributed by atoms with Gasteiger partial charge < -0.3 is 15.4 Å². The molecular weight excluding hydrogens is 531 g/mol. The van der Waals surface area contributed by atoms with Gasteiger partial charge in [-0.25, -0.2) is 4.98 Å². The number of amides is 1. The van der Waals surface area contributed by atoms with Gasteiger partial charge >= 0.3 is 12.1 Å². The Labute approximate surface area is 230 Å². The standard InChI is InChI=1S/C29H31ClF3N3O3/c30-20-10-15-24-23(16-20)25(17-26(36-24)29(31,32)33)34-21-11-13-22(14-12-21)35-27(37)8-4-5-9-28(38)39-18-19-6-2-1-3-7-19/h1-3,6-7,10,15-17,21-22H,4-5,8-9,11-14,18H2,(H,34,36)(H,35,37). The molecule has 1 aliphatic carbocycles. The second kappa shape index (κ2) is 13.2. The van der Waals surface area contributed by atoms with E-state index in [9.17, 15) is 22.8 Å². The first-order valence-corrected chi connectivity index (χ1v) is 13.5. The molecule has 1 aliphatic rings. The number of hydrogen-bond donors (Lipinski definition) is 2. The molecule has 4 rings (SSSR count). The quantitative estimate of drug-likeness (QED) is 0.205. The van der Waals surface area contributed by atoms with Gasteiger partial charge in [0.2, 0.25) is 5.91 Å². The van der Waals surface area contributed by atoms with Crippen molar-refractivity contribution in [1.82, 2.24) is 10.3 Å². The second-order valence-electron chi connectivity index (χ2n) is 9.83. The number of unbranched alkanes of at least 4 members (excludes halogenated alkanes) is 1. The Morgan fingerprint density at radius 3 is 2.36 bits per heavy atom. The van der Waals surface area contributed by atoms with Crippen molar-refractivity contribution >= 4 is 40.1 Å². The highest BCUT2D eigenvalue weighted by molar-refractivity contribution is 6.31. The van der Waals surface area contributed by atoms with E-state index >= 15 is 0 Å². The zero-order valence-corrected chi connectivity index (χ0v) is 22.2. The van der Waals surface area contributed by atoms with Gasteiger partial charge in [0.25, 0.3) is 0 Å². The van der Waals surface area contributed by atoms with E-state index in [0.717, 1.165) is 11.6 Å². The lowest BCUT2D eigenvalue weighted by Gasteiger charge is -2.30. The number of hydrogen-bond acceptors (Lipinski definition) is 5. The second-order valence-corrected chi connectivity index (χ2v) is 10.3. The van der Waals surface area contributed by atoms with Gasteiger partial charge in [0, 0.05) is 41.0 Å². The van der Waals surface area contributed by atoms with Crippen LogP contribution >= 0.6 is 11.6 Å². The number of carbonyl (C=O) groups excluding carboxylic acids is 2. The Morgan fingerprint density at radius 2 is 1.64 bits per heavy atom. The zero-order valence-electron chi connectivity index (χ0n) is 21.4. The Balaban J connectivity index is 1.19. The fourth-order valence-corrected chi connectivity index (χ4v) is 4.90. The van der Waals surface area contributed by atoms with E-state index in [1.165, 1.54) is 12.1 Å². The van der Waals surface area contributed by atoms with Gasteiger partial charge in [0.15, 0.2) is 0 Å². The first-order valence-electron chi connectivity index (χ1n) is 13.1. The Kier molecular flexibility index (Phi) is 9.67. The molecule has 2 N–H and O–H groups in total. The van der Waals surface area contributed by atoms with Crippen LogP contribution in [0, 0.1) is 0 Å². The van der Waals surface area contributed by atoms with Gasteiger partial charge in [-0.3, -0.25) is 9.59 Å². The molecule has 10 heteroatoms. The fraction of sp³-hybridized carbons (Fsp3) is 0.414. The minimum absolute atomic E-state index is 0.0146. The van der Waals surface area contributed by atoms with Crippen molar-refractivity contribution in [1.29, 1.82) is 0 Å². The number of nitrogens with one attached hydrogen (secondary N) is 2. The number of alkyl halides is 3. The van der Waals surface area contributed by atoms with Crippen LogP contribution in [0.5, 0.6) is 0 Å².